The molecular weight excluding hydrogens is 426 g/mol. The van der Waals surface area contributed by atoms with Crippen LogP contribution in [0.15, 0.2) is 60.3 Å². The average molecular weight is 448 g/mol. The van der Waals surface area contributed by atoms with Crippen molar-refractivity contribution in [3.05, 3.63) is 87.7 Å². The van der Waals surface area contributed by atoms with Crippen molar-refractivity contribution < 1.29 is 14.3 Å². The van der Waals surface area contributed by atoms with Crippen molar-refractivity contribution in [2.24, 2.45) is 0 Å². The summed E-state index contributed by atoms with van der Waals surface area (Å²) < 4.78 is 11.1. The number of benzene rings is 2. The number of pyridine rings is 1. The molecule has 1 N–H and O–H groups in total. The molecule has 1 amide bonds. The van der Waals surface area contributed by atoms with Crippen molar-refractivity contribution in [1.29, 1.82) is 5.26 Å². The molecule has 0 unspecified atom stereocenters. The monoisotopic (exact) mass is 447 g/mol. The smallest absolute Gasteiger partial charge is 0.266 e. The van der Waals surface area contributed by atoms with Gasteiger partial charge >= 0.3 is 0 Å². The van der Waals surface area contributed by atoms with Gasteiger partial charge in [0, 0.05) is 11.9 Å². The molecule has 1 aromatic heterocycles. The molecule has 162 valence electrons. The number of hydrogen-bond donors (Lipinski definition) is 1. The van der Waals surface area contributed by atoms with E-state index in [0.29, 0.717) is 23.1 Å². The van der Waals surface area contributed by atoms with Crippen LogP contribution in [0.5, 0.6) is 11.5 Å². The third-order valence-corrected chi connectivity index (χ3v) is 4.95. The number of carbonyl (C=O) groups is 1. The number of ether oxygens (including phenoxy) is 2. The number of methoxy groups -OCH3 is 1. The zero-order valence-electron chi connectivity index (χ0n) is 18.0. The number of aryl methyl sites for hydroxylation is 2. The van der Waals surface area contributed by atoms with Gasteiger partial charge in [0.15, 0.2) is 0 Å². The lowest BCUT2D eigenvalue weighted by Gasteiger charge is -2.13. The number of halogens is 1. The minimum absolute atomic E-state index is 0.0297. The van der Waals surface area contributed by atoms with Crippen LogP contribution in [0.3, 0.4) is 0 Å². The Kier molecular flexibility index (Phi) is 7.48. The predicted octanol–water partition coefficient (Wildman–Crippen LogP) is 5.49. The molecule has 0 saturated heterocycles. The van der Waals surface area contributed by atoms with Crippen LogP contribution >= 0.6 is 11.6 Å². The molecule has 0 aliphatic heterocycles. The van der Waals surface area contributed by atoms with Gasteiger partial charge < -0.3 is 14.8 Å². The molecule has 6 nitrogen and oxygen atoms in total. The number of nitrogens with zero attached hydrogens (tertiary/aromatic N) is 2. The zero-order valence-corrected chi connectivity index (χ0v) is 18.7. The van der Waals surface area contributed by atoms with Crippen molar-refractivity contribution in [3.63, 3.8) is 0 Å². The first-order valence-corrected chi connectivity index (χ1v) is 10.2. The molecule has 0 aliphatic carbocycles. The van der Waals surface area contributed by atoms with Crippen molar-refractivity contribution >= 4 is 29.3 Å². The van der Waals surface area contributed by atoms with Gasteiger partial charge in [0.25, 0.3) is 5.91 Å². The summed E-state index contributed by atoms with van der Waals surface area (Å²) in [6.07, 6.45) is 3.27. The molecule has 32 heavy (non-hydrogen) atoms. The Balaban J connectivity index is 1.77. The number of amides is 1. The maximum Gasteiger partial charge on any atom is 0.266 e. The van der Waals surface area contributed by atoms with Crippen LogP contribution in [0.4, 0.5) is 5.69 Å². The summed E-state index contributed by atoms with van der Waals surface area (Å²) in [5.41, 5.74) is 3.78. The Labute approximate surface area is 192 Å². The summed E-state index contributed by atoms with van der Waals surface area (Å²) in [6, 6.07) is 16.2. The van der Waals surface area contributed by atoms with Gasteiger partial charge in [0.2, 0.25) is 0 Å². The van der Waals surface area contributed by atoms with Crippen LogP contribution in [-0.4, -0.2) is 18.0 Å². The molecule has 0 radical (unpaired) electrons. The molecule has 3 rings (SSSR count). The third kappa shape index (κ3) is 5.65. The fourth-order valence-corrected chi connectivity index (χ4v) is 3.44. The molecule has 0 fully saturated rings. The largest absolute Gasteiger partial charge is 0.495 e. The molecule has 2 aromatic carbocycles. The molecular formula is C25H22ClN3O3. The predicted molar refractivity (Wildman–Crippen MR) is 125 cm³/mol. The molecule has 0 saturated carbocycles. The van der Waals surface area contributed by atoms with E-state index in [9.17, 15) is 10.1 Å². The van der Waals surface area contributed by atoms with E-state index in [1.54, 1.807) is 30.5 Å². The van der Waals surface area contributed by atoms with Gasteiger partial charge in [0.1, 0.15) is 29.7 Å². The quantitative estimate of drug-likeness (QED) is 0.382. The highest BCUT2D eigenvalue weighted by molar-refractivity contribution is 6.32. The fraction of sp³-hybridized carbons (Fsp3) is 0.160. The number of hydrogen-bond acceptors (Lipinski definition) is 5. The Hall–Kier alpha value is -3.82. The van der Waals surface area contributed by atoms with E-state index in [1.165, 1.54) is 7.11 Å². The van der Waals surface area contributed by atoms with Gasteiger partial charge in [-0.25, -0.2) is 0 Å². The minimum atomic E-state index is -0.528. The zero-order chi connectivity index (χ0) is 23.1. The first-order valence-electron chi connectivity index (χ1n) is 9.82. The van der Waals surface area contributed by atoms with Crippen LogP contribution < -0.4 is 14.8 Å². The number of aromatic nitrogens is 1. The standard InChI is InChI=1S/C25H22ClN3O3/c1-16-10-18(11-17(2)24(16)32-15-21-6-4-5-9-28-21)12-19(14-27)25(30)29-20-7-8-23(31-3)22(26)13-20/h4-13H,15H2,1-3H3,(H,29,30)/b19-12+. The number of rotatable bonds is 7. The fourth-order valence-electron chi connectivity index (χ4n) is 3.18. The summed E-state index contributed by atoms with van der Waals surface area (Å²) in [7, 11) is 1.51. The highest BCUT2D eigenvalue weighted by Crippen LogP contribution is 2.28. The summed E-state index contributed by atoms with van der Waals surface area (Å²) in [5, 5.41) is 12.6. The van der Waals surface area contributed by atoms with Crippen molar-refractivity contribution in [1.82, 2.24) is 4.98 Å². The molecule has 0 atom stereocenters. The molecule has 1 heterocycles. The van der Waals surface area contributed by atoms with Crippen molar-refractivity contribution in [2.75, 3.05) is 12.4 Å². The van der Waals surface area contributed by atoms with Crippen LogP contribution in [-0.2, 0) is 11.4 Å². The van der Waals surface area contributed by atoms with E-state index in [4.69, 9.17) is 21.1 Å². The molecule has 7 heteroatoms. The van der Waals surface area contributed by atoms with Gasteiger partial charge in [-0.3, -0.25) is 9.78 Å². The molecule has 0 spiro atoms. The van der Waals surface area contributed by atoms with Crippen LogP contribution in [0.1, 0.15) is 22.4 Å². The molecule has 0 bridgehead atoms. The van der Waals surface area contributed by atoms with E-state index in [-0.39, 0.29) is 5.57 Å². The van der Waals surface area contributed by atoms with E-state index >= 15 is 0 Å². The maximum absolute atomic E-state index is 12.6. The number of nitrogens with one attached hydrogen (secondary N) is 1. The van der Waals surface area contributed by atoms with E-state index < -0.39 is 5.91 Å². The second-order valence-corrected chi connectivity index (χ2v) is 7.47. The summed E-state index contributed by atoms with van der Waals surface area (Å²) >= 11 is 6.10. The van der Waals surface area contributed by atoms with Gasteiger partial charge in [-0.2, -0.15) is 5.26 Å². The minimum Gasteiger partial charge on any atom is -0.495 e. The topological polar surface area (TPSA) is 84.2 Å². The van der Waals surface area contributed by atoms with Gasteiger partial charge in [0.05, 0.1) is 17.8 Å². The Bertz CT molecular complexity index is 1180. The lowest BCUT2D eigenvalue weighted by atomic mass is 10.0. The van der Waals surface area contributed by atoms with Crippen LogP contribution in [0.2, 0.25) is 5.02 Å². The van der Waals surface area contributed by atoms with Crippen LogP contribution in [0, 0.1) is 25.2 Å². The highest BCUT2D eigenvalue weighted by atomic mass is 35.5. The number of nitriles is 1. The summed E-state index contributed by atoms with van der Waals surface area (Å²) in [6.45, 7) is 4.20. The summed E-state index contributed by atoms with van der Waals surface area (Å²) in [5.74, 6) is 0.722. The second-order valence-electron chi connectivity index (χ2n) is 7.07. The first kappa shape index (κ1) is 22.9. The molecule has 3 aromatic rings. The van der Waals surface area contributed by atoms with Gasteiger partial charge in [-0.05, 0) is 79.1 Å². The average Bonchev–Trinajstić information content (AvgIpc) is 2.77. The Morgan fingerprint density at radius 2 is 1.94 bits per heavy atom. The van der Waals surface area contributed by atoms with Gasteiger partial charge in [-0.15, -0.1) is 0 Å². The molecule has 0 aliphatic rings. The van der Waals surface area contributed by atoms with E-state index in [1.807, 2.05) is 50.2 Å². The third-order valence-electron chi connectivity index (χ3n) is 4.66. The van der Waals surface area contributed by atoms with E-state index in [0.717, 1.165) is 28.1 Å². The normalized spacial score (nSPS) is 10.9. The van der Waals surface area contributed by atoms with Gasteiger partial charge in [-0.1, -0.05) is 17.7 Å². The van der Waals surface area contributed by atoms with Crippen LogP contribution in [0.25, 0.3) is 6.08 Å². The van der Waals surface area contributed by atoms with Crippen molar-refractivity contribution in [2.45, 2.75) is 20.5 Å². The Morgan fingerprint density at radius 3 is 2.53 bits per heavy atom. The highest BCUT2D eigenvalue weighted by Gasteiger charge is 2.13. The maximum atomic E-state index is 12.6. The summed E-state index contributed by atoms with van der Waals surface area (Å²) in [4.78, 5) is 16.9. The lowest BCUT2D eigenvalue weighted by Crippen LogP contribution is -2.13. The SMILES string of the molecule is COc1ccc(NC(=O)/C(C#N)=C/c2cc(C)c(OCc3ccccn3)c(C)c2)cc1Cl. The van der Waals surface area contributed by atoms with E-state index in [2.05, 4.69) is 10.3 Å². The number of anilines is 1. The second kappa shape index (κ2) is 10.5. The lowest BCUT2D eigenvalue weighted by molar-refractivity contribution is -0.112. The first-order chi connectivity index (χ1) is 15.4. The van der Waals surface area contributed by atoms with Crippen molar-refractivity contribution in [3.8, 4) is 17.6 Å². The number of carbonyl (C=O) groups excluding carboxylic acids is 1. The Morgan fingerprint density at radius 1 is 1.19 bits per heavy atom.